The summed E-state index contributed by atoms with van der Waals surface area (Å²) in [6, 6.07) is 6.01. The van der Waals surface area contributed by atoms with Gasteiger partial charge in [-0.3, -0.25) is 0 Å². The summed E-state index contributed by atoms with van der Waals surface area (Å²) in [4.78, 5) is 0. The summed E-state index contributed by atoms with van der Waals surface area (Å²) in [5, 5.41) is 9.08. The van der Waals surface area contributed by atoms with E-state index < -0.39 is 5.54 Å². The maximum Gasteiger partial charge on any atom is 0.0650 e. The summed E-state index contributed by atoms with van der Waals surface area (Å²) >= 11 is 2.27. The predicted octanol–water partition coefficient (Wildman–Crippen LogP) is 1.77. The van der Waals surface area contributed by atoms with Gasteiger partial charge in [-0.05, 0) is 53.6 Å². The minimum Gasteiger partial charge on any atom is -0.394 e. The Morgan fingerprint density at radius 1 is 1.54 bits per heavy atom. The van der Waals surface area contributed by atoms with Gasteiger partial charge >= 0.3 is 0 Å². The van der Waals surface area contributed by atoms with Crippen LogP contribution in [0.1, 0.15) is 18.1 Å². The summed E-state index contributed by atoms with van der Waals surface area (Å²) in [6.45, 7) is 3.85. The van der Waals surface area contributed by atoms with Crippen LogP contribution in [0.3, 0.4) is 0 Å². The molecule has 0 fully saturated rings. The lowest BCUT2D eigenvalue weighted by Gasteiger charge is -2.22. The van der Waals surface area contributed by atoms with Gasteiger partial charge in [0.15, 0.2) is 0 Å². The van der Waals surface area contributed by atoms with Crippen LogP contribution in [0.5, 0.6) is 0 Å². The second-order valence-electron chi connectivity index (χ2n) is 3.54. The number of aryl methyl sites for hydroxylation is 1. The van der Waals surface area contributed by atoms with E-state index in [1.54, 1.807) is 0 Å². The van der Waals surface area contributed by atoms with Crippen LogP contribution >= 0.6 is 22.6 Å². The van der Waals surface area contributed by atoms with Crippen molar-refractivity contribution in [3.63, 3.8) is 0 Å². The molecule has 0 saturated heterocycles. The summed E-state index contributed by atoms with van der Waals surface area (Å²) < 4.78 is 1.18. The predicted molar refractivity (Wildman–Crippen MR) is 62.5 cm³/mol. The highest BCUT2D eigenvalue weighted by Crippen LogP contribution is 2.21. The lowest BCUT2D eigenvalue weighted by molar-refractivity contribution is 0.210. The number of nitrogens with two attached hydrogens (primary N) is 1. The number of aliphatic hydroxyl groups is 1. The second kappa shape index (κ2) is 3.94. The summed E-state index contributed by atoms with van der Waals surface area (Å²) in [6.07, 6.45) is 0. The zero-order chi connectivity index (χ0) is 10.1. The Morgan fingerprint density at radius 3 is 2.62 bits per heavy atom. The molecule has 13 heavy (non-hydrogen) atoms. The van der Waals surface area contributed by atoms with Gasteiger partial charge in [0.1, 0.15) is 0 Å². The Balaban J connectivity index is 3.10. The van der Waals surface area contributed by atoms with E-state index in [4.69, 9.17) is 10.8 Å². The van der Waals surface area contributed by atoms with Gasteiger partial charge in [0.05, 0.1) is 12.1 Å². The van der Waals surface area contributed by atoms with Gasteiger partial charge in [-0.1, -0.05) is 12.1 Å². The fourth-order valence-electron chi connectivity index (χ4n) is 1.04. The van der Waals surface area contributed by atoms with Crippen molar-refractivity contribution in [2.75, 3.05) is 6.61 Å². The first-order valence-electron chi connectivity index (χ1n) is 4.14. The molecule has 1 rings (SSSR count). The van der Waals surface area contributed by atoms with Crippen molar-refractivity contribution in [2.24, 2.45) is 5.73 Å². The normalized spacial score (nSPS) is 15.5. The molecule has 72 valence electrons. The van der Waals surface area contributed by atoms with E-state index >= 15 is 0 Å². The van der Waals surface area contributed by atoms with Crippen LogP contribution in [0.4, 0.5) is 0 Å². The molecule has 0 aliphatic carbocycles. The van der Waals surface area contributed by atoms with E-state index in [-0.39, 0.29) is 6.61 Å². The van der Waals surface area contributed by atoms with Crippen LogP contribution in [0, 0.1) is 10.5 Å². The van der Waals surface area contributed by atoms with Gasteiger partial charge in [-0.2, -0.15) is 0 Å². The van der Waals surface area contributed by atoms with Crippen LogP contribution < -0.4 is 5.73 Å². The zero-order valence-electron chi connectivity index (χ0n) is 7.84. The van der Waals surface area contributed by atoms with Crippen molar-refractivity contribution in [1.82, 2.24) is 0 Å². The molecule has 2 nitrogen and oxygen atoms in total. The standard InChI is InChI=1S/C10H14INO/c1-7-3-4-8(5-9(7)11)10(2,12)6-13/h3-5,13H,6,12H2,1-2H3/t10-/m0/s1. The molecule has 0 unspecified atom stereocenters. The summed E-state index contributed by atoms with van der Waals surface area (Å²) in [7, 11) is 0. The Hall–Kier alpha value is -0.130. The lowest BCUT2D eigenvalue weighted by atomic mass is 9.94. The van der Waals surface area contributed by atoms with E-state index in [9.17, 15) is 0 Å². The average molecular weight is 291 g/mol. The molecular formula is C10H14INO. The largest absolute Gasteiger partial charge is 0.394 e. The first-order chi connectivity index (χ1) is 5.97. The summed E-state index contributed by atoms with van der Waals surface area (Å²) in [5.41, 5.74) is 7.48. The van der Waals surface area contributed by atoms with Crippen molar-refractivity contribution < 1.29 is 5.11 Å². The fraction of sp³-hybridized carbons (Fsp3) is 0.400. The first-order valence-corrected chi connectivity index (χ1v) is 5.21. The van der Waals surface area contributed by atoms with Crippen LogP contribution in [0.2, 0.25) is 0 Å². The van der Waals surface area contributed by atoms with Gasteiger partial charge in [0.2, 0.25) is 0 Å². The topological polar surface area (TPSA) is 46.2 Å². The van der Waals surface area contributed by atoms with Crippen molar-refractivity contribution in [3.8, 4) is 0 Å². The van der Waals surface area contributed by atoms with E-state index in [0.717, 1.165) is 5.56 Å². The number of hydrogen-bond acceptors (Lipinski definition) is 2. The Morgan fingerprint density at radius 2 is 2.15 bits per heavy atom. The maximum absolute atomic E-state index is 9.08. The average Bonchev–Trinajstić information content (AvgIpc) is 2.09. The van der Waals surface area contributed by atoms with Crippen molar-refractivity contribution in [1.29, 1.82) is 0 Å². The van der Waals surface area contributed by atoms with Crippen LogP contribution in [0.15, 0.2) is 18.2 Å². The molecule has 0 bridgehead atoms. The molecule has 0 heterocycles. The van der Waals surface area contributed by atoms with Gasteiger partial charge in [-0.25, -0.2) is 0 Å². The Bertz CT molecular complexity index is 310. The highest BCUT2D eigenvalue weighted by Gasteiger charge is 2.19. The molecule has 0 amide bonds. The number of aliphatic hydroxyl groups excluding tert-OH is 1. The molecule has 1 aromatic rings. The smallest absolute Gasteiger partial charge is 0.0650 e. The van der Waals surface area contributed by atoms with Gasteiger partial charge in [-0.15, -0.1) is 0 Å². The van der Waals surface area contributed by atoms with E-state index in [1.165, 1.54) is 9.13 Å². The molecule has 1 atom stereocenters. The van der Waals surface area contributed by atoms with Gasteiger partial charge < -0.3 is 10.8 Å². The van der Waals surface area contributed by atoms with Crippen LogP contribution in [-0.4, -0.2) is 11.7 Å². The minimum atomic E-state index is -0.631. The fourth-order valence-corrected chi connectivity index (χ4v) is 1.55. The number of rotatable bonds is 2. The third kappa shape index (κ3) is 2.42. The SMILES string of the molecule is Cc1ccc([C@@](C)(N)CO)cc1I. The van der Waals surface area contributed by atoms with Crippen LogP contribution in [-0.2, 0) is 5.54 Å². The number of halogens is 1. The molecular weight excluding hydrogens is 277 g/mol. The number of hydrogen-bond donors (Lipinski definition) is 2. The molecule has 0 radical (unpaired) electrons. The third-order valence-electron chi connectivity index (χ3n) is 2.16. The van der Waals surface area contributed by atoms with Crippen molar-refractivity contribution in [3.05, 3.63) is 32.9 Å². The molecule has 0 spiro atoms. The van der Waals surface area contributed by atoms with E-state index in [0.29, 0.717) is 0 Å². The third-order valence-corrected chi connectivity index (χ3v) is 3.32. The molecule has 3 heteroatoms. The minimum absolute atomic E-state index is 0.0356. The molecule has 1 aromatic carbocycles. The molecule has 3 N–H and O–H groups in total. The Labute approximate surface area is 92.3 Å². The van der Waals surface area contributed by atoms with Crippen LogP contribution in [0.25, 0.3) is 0 Å². The monoisotopic (exact) mass is 291 g/mol. The summed E-state index contributed by atoms with van der Waals surface area (Å²) in [5.74, 6) is 0. The molecule has 0 saturated carbocycles. The quantitative estimate of drug-likeness (QED) is 0.816. The highest BCUT2D eigenvalue weighted by atomic mass is 127. The maximum atomic E-state index is 9.08. The Kier molecular flexibility index (Phi) is 3.32. The van der Waals surface area contributed by atoms with Gasteiger partial charge in [0, 0.05) is 3.57 Å². The second-order valence-corrected chi connectivity index (χ2v) is 4.70. The van der Waals surface area contributed by atoms with E-state index in [1.807, 2.05) is 25.1 Å². The number of benzene rings is 1. The molecule has 0 aliphatic heterocycles. The first kappa shape index (κ1) is 10.9. The van der Waals surface area contributed by atoms with Gasteiger partial charge in [0.25, 0.3) is 0 Å². The van der Waals surface area contributed by atoms with Crippen molar-refractivity contribution in [2.45, 2.75) is 19.4 Å². The zero-order valence-corrected chi connectivity index (χ0v) is 10.00. The lowest BCUT2D eigenvalue weighted by Crippen LogP contribution is -2.36. The van der Waals surface area contributed by atoms with Crippen molar-refractivity contribution >= 4 is 22.6 Å². The highest BCUT2D eigenvalue weighted by molar-refractivity contribution is 14.1. The molecule has 0 aliphatic rings. The van der Waals surface area contributed by atoms with E-state index in [2.05, 4.69) is 29.5 Å². The molecule has 0 aromatic heterocycles.